The lowest BCUT2D eigenvalue weighted by Gasteiger charge is -2.12. The second-order valence-corrected chi connectivity index (χ2v) is 9.28. The smallest absolute Gasteiger partial charge is 0.322 e. The highest BCUT2D eigenvalue weighted by Crippen LogP contribution is 2.35. The summed E-state index contributed by atoms with van der Waals surface area (Å²) >= 11 is 5.64. The molecule has 0 saturated heterocycles. The van der Waals surface area contributed by atoms with E-state index < -0.39 is 40.3 Å². The lowest BCUT2D eigenvalue weighted by atomic mass is 10.1. The van der Waals surface area contributed by atoms with E-state index in [0.29, 0.717) is 17.3 Å². The third kappa shape index (κ3) is 5.91. The highest BCUT2D eigenvalue weighted by atomic mass is 35.5. The first kappa shape index (κ1) is 28.6. The number of nitrogens with one attached hydrogen (secondary N) is 2. The molecule has 0 spiro atoms. The van der Waals surface area contributed by atoms with Crippen LogP contribution < -0.4 is 10.6 Å². The molecule has 0 atom stereocenters. The normalized spacial score (nSPS) is 11.9. The van der Waals surface area contributed by atoms with Crippen molar-refractivity contribution in [2.45, 2.75) is 12.4 Å². The standard InChI is InChI=1S/C28H16ClF6N5O2/c29-21-9-6-17(13-20(21)28(33,34)35)26(42)38-19-3-1-2-16(12-19)22-14-37-24-23(36-10-11-40(22)24)39-25(41)15-4-7-18(8-5-15)27(30,31)32/h1-14H,(H,38,42)(H,36,39,41). The maximum atomic E-state index is 13.2. The average Bonchev–Trinajstić information content (AvgIpc) is 3.38. The number of hydrogen-bond acceptors (Lipinski definition) is 4. The van der Waals surface area contributed by atoms with Crippen LogP contribution in [0.1, 0.15) is 31.8 Å². The molecule has 42 heavy (non-hydrogen) atoms. The van der Waals surface area contributed by atoms with Crippen molar-refractivity contribution < 1.29 is 35.9 Å². The van der Waals surface area contributed by atoms with Crippen LogP contribution in [-0.2, 0) is 12.4 Å². The van der Waals surface area contributed by atoms with Gasteiger partial charge in [0, 0.05) is 34.8 Å². The summed E-state index contributed by atoms with van der Waals surface area (Å²) in [6.45, 7) is 0. The van der Waals surface area contributed by atoms with Crippen molar-refractivity contribution >= 4 is 40.6 Å². The first-order valence-corrected chi connectivity index (χ1v) is 12.3. The van der Waals surface area contributed by atoms with E-state index in [4.69, 9.17) is 11.6 Å². The van der Waals surface area contributed by atoms with Gasteiger partial charge in [-0.25, -0.2) is 9.97 Å². The van der Waals surface area contributed by atoms with Crippen LogP contribution >= 0.6 is 11.6 Å². The van der Waals surface area contributed by atoms with E-state index in [9.17, 15) is 35.9 Å². The topological polar surface area (TPSA) is 88.4 Å². The molecule has 2 heterocycles. The molecule has 0 bridgehead atoms. The van der Waals surface area contributed by atoms with Crippen molar-refractivity contribution in [3.63, 3.8) is 0 Å². The number of hydrogen-bond donors (Lipinski definition) is 2. The minimum absolute atomic E-state index is 0.0231. The number of benzene rings is 3. The Morgan fingerprint density at radius 3 is 2.17 bits per heavy atom. The van der Waals surface area contributed by atoms with Gasteiger partial charge < -0.3 is 10.6 Å². The zero-order chi connectivity index (χ0) is 30.2. The van der Waals surface area contributed by atoms with Gasteiger partial charge >= 0.3 is 12.4 Å². The Kier molecular flexibility index (Phi) is 7.37. The van der Waals surface area contributed by atoms with Crippen LogP contribution in [0.25, 0.3) is 16.9 Å². The van der Waals surface area contributed by atoms with Gasteiger partial charge in [0.2, 0.25) is 0 Å². The molecule has 214 valence electrons. The molecule has 7 nitrogen and oxygen atoms in total. The number of anilines is 2. The van der Waals surface area contributed by atoms with Gasteiger partial charge in [-0.2, -0.15) is 26.3 Å². The first-order chi connectivity index (χ1) is 19.8. The SMILES string of the molecule is O=C(Nc1cccc(-c2cnc3c(NC(=O)c4ccc(C(F)(F)F)cc4)nccn23)c1)c1ccc(Cl)c(C(F)(F)F)c1. The fourth-order valence-corrected chi connectivity index (χ4v) is 4.28. The fraction of sp³-hybridized carbons (Fsp3) is 0.0714. The molecule has 0 fully saturated rings. The van der Waals surface area contributed by atoms with E-state index in [1.807, 2.05) is 0 Å². The predicted octanol–water partition coefficient (Wildman–Crippen LogP) is 7.59. The molecule has 2 aromatic heterocycles. The number of imidazole rings is 1. The number of nitrogens with zero attached hydrogens (tertiary/aromatic N) is 3. The zero-order valence-corrected chi connectivity index (χ0v) is 21.6. The van der Waals surface area contributed by atoms with Gasteiger partial charge in [0.15, 0.2) is 11.5 Å². The van der Waals surface area contributed by atoms with E-state index in [0.717, 1.165) is 30.3 Å². The minimum atomic E-state index is -4.73. The molecule has 5 aromatic rings. The molecule has 3 aromatic carbocycles. The largest absolute Gasteiger partial charge is 0.417 e. The van der Waals surface area contributed by atoms with Gasteiger partial charge in [0.05, 0.1) is 28.0 Å². The summed E-state index contributed by atoms with van der Waals surface area (Å²) in [5.74, 6) is -1.44. The van der Waals surface area contributed by atoms with Crippen molar-refractivity contribution in [2.24, 2.45) is 0 Å². The molecule has 5 rings (SSSR count). The van der Waals surface area contributed by atoms with Gasteiger partial charge in [-0.05, 0) is 54.6 Å². The molecule has 2 amide bonds. The van der Waals surface area contributed by atoms with Crippen LogP contribution in [0.4, 0.5) is 37.8 Å². The van der Waals surface area contributed by atoms with Gasteiger partial charge in [0.1, 0.15) is 0 Å². The Labute approximate surface area is 237 Å². The van der Waals surface area contributed by atoms with E-state index >= 15 is 0 Å². The maximum Gasteiger partial charge on any atom is 0.417 e. The first-order valence-electron chi connectivity index (χ1n) is 11.9. The Balaban J connectivity index is 1.37. The predicted molar refractivity (Wildman–Crippen MR) is 142 cm³/mol. The van der Waals surface area contributed by atoms with Gasteiger partial charge in [-0.1, -0.05) is 23.7 Å². The third-order valence-corrected chi connectivity index (χ3v) is 6.41. The number of alkyl halides is 6. The van der Waals surface area contributed by atoms with E-state index in [2.05, 4.69) is 20.6 Å². The third-order valence-electron chi connectivity index (χ3n) is 6.08. The number of aromatic nitrogens is 3. The average molecular weight is 604 g/mol. The molecule has 0 unspecified atom stereocenters. The summed E-state index contributed by atoms with van der Waals surface area (Å²) in [4.78, 5) is 33.8. The Morgan fingerprint density at radius 1 is 0.786 bits per heavy atom. The number of fused-ring (bicyclic) bond motifs is 1. The van der Waals surface area contributed by atoms with Crippen LogP contribution in [-0.4, -0.2) is 26.2 Å². The number of amides is 2. The Hall–Kier alpha value is -4.91. The van der Waals surface area contributed by atoms with Gasteiger partial charge in [-0.3, -0.25) is 14.0 Å². The molecule has 2 N–H and O–H groups in total. The molecule has 0 aliphatic carbocycles. The molecule has 0 aliphatic heterocycles. The summed E-state index contributed by atoms with van der Waals surface area (Å²) in [6.07, 6.45) is -4.86. The lowest BCUT2D eigenvalue weighted by molar-refractivity contribution is -0.138. The highest BCUT2D eigenvalue weighted by molar-refractivity contribution is 6.31. The number of carbonyl (C=O) groups is 2. The molecule has 0 radical (unpaired) electrons. The number of halogens is 7. The van der Waals surface area contributed by atoms with Crippen LogP contribution in [0.15, 0.2) is 85.3 Å². The summed E-state index contributed by atoms with van der Waals surface area (Å²) in [5.41, 5.74) is -0.723. The van der Waals surface area contributed by atoms with Crippen LogP contribution in [0.2, 0.25) is 5.02 Å². The molecule has 14 heteroatoms. The van der Waals surface area contributed by atoms with E-state index in [1.165, 1.54) is 18.5 Å². The number of rotatable bonds is 5. The Morgan fingerprint density at radius 2 is 1.48 bits per heavy atom. The summed E-state index contributed by atoms with van der Waals surface area (Å²) in [5, 5.41) is 4.57. The molecular weight excluding hydrogens is 588 g/mol. The van der Waals surface area contributed by atoms with E-state index in [-0.39, 0.29) is 28.3 Å². The second-order valence-electron chi connectivity index (χ2n) is 8.87. The van der Waals surface area contributed by atoms with Gasteiger partial charge in [0.25, 0.3) is 11.8 Å². The number of carbonyl (C=O) groups excluding carboxylic acids is 2. The monoisotopic (exact) mass is 603 g/mol. The Bertz CT molecular complexity index is 1820. The van der Waals surface area contributed by atoms with Crippen molar-refractivity contribution in [2.75, 3.05) is 10.6 Å². The van der Waals surface area contributed by atoms with Gasteiger partial charge in [-0.15, -0.1) is 0 Å². The molecule has 0 aliphatic rings. The molecule has 0 saturated carbocycles. The van der Waals surface area contributed by atoms with Crippen molar-refractivity contribution in [3.05, 3.63) is 113 Å². The summed E-state index contributed by atoms with van der Waals surface area (Å²) in [6, 6.07) is 12.9. The van der Waals surface area contributed by atoms with Crippen LogP contribution in [0, 0.1) is 0 Å². The van der Waals surface area contributed by atoms with Crippen molar-refractivity contribution in [1.82, 2.24) is 14.4 Å². The summed E-state index contributed by atoms with van der Waals surface area (Å²) in [7, 11) is 0. The quantitative estimate of drug-likeness (QED) is 0.203. The second kappa shape index (κ2) is 10.8. The minimum Gasteiger partial charge on any atom is -0.322 e. The molecular formula is C28H16ClF6N5O2. The van der Waals surface area contributed by atoms with Crippen LogP contribution in [0.5, 0.6) is 0 Å². The van der Waals surface area contributed by atoms with E-state index in [1.54, 1.807) is 34.9 Å². The van der Waals surface area contributed by atoms with Crippen LogP contribution in [0.3, 0.4) is 0 Å². The fourth-order valence-electron chi connectivity index (χ4n) is 4.05. The van der Waals surface area contributed by atoms with Crippen molar-refractivity contribution in [3.8, 4) is 11.3 Å². The zero-order valence-electron chi connectivity index (χ0n) is 20.9. The maximum absolute atomic E-state index is 13.2. The van der Waals surface area contributed by atoms with Crippen molar-refractivity contribution in [1.29, 1.82) is 0 Å². The summed E-state index contributed by atoms with van der Waals surface area (Å²) < 4.78 is 79.7. The highest BCUT2D eigenvalue weighted by Gasteiger charge is 2.34. The lowest BCUT2D eigenvalue weighted by Crippen LogP contribution is -2.15.